The molecule has 7 nitrogen and oxygen atoms in total. The van der Waals surface area contributed by atoms with Crippen LogP contribution in [0.4, 0.5) is 5.69 Å². The summed E-state index contributed by atoms with van der Waals surface area (Å²) in [5.74, 6) is -0.860. The number of nitrogens with zero attached hydrogens (tertiary/aromatic N) is 2. The van der Waals surface area contributed by atoms with Gasteiger partial charge in [-0.15, -0.1) is 0 Å². The van der Waals surface area contributed by atoms with Gasteiger partial charge in [0.05, 0.1) is 10.6 Å². The zero-order chi connectivity index (χ0) is 27.2. The predicted molar refractivity (Wildman–Crippen MR) is 147 cm³/mol. The van der Waals surface area contributed by atoms with Crippen LogP contribution in [0.5, 0.6) is 0 Å². The second-order valence-electron chi connectivity index (χ2n) is 8.76. The summed E-state index contributed by atoms with van der Waals surface area (Å²) in [7, 11) is -2.60. The Hall–Kier alpha value is -3.36. The molecule has 1 N–H and O–H groups in total. The van der Waals surface area contributed by atoms with Crippen molar-refractivity contribution < 1.29 is 18.0 Å². The number of sulfonamides is 1. The number of aryl methyl sites for hydroxylation is 2. The number of benzene rings is 3. The molecule has 1 unspecified atom stereocenters. The van der Waals surface area contributed by atoms with Crippen molar-refractivity contribution in [1.29, 1.82) is 0 Å². The van der Waals surface area contributed by atoms with Gasteiger partial charge in [0, 0.05) is 18.6 Å². The molecule has 0 aromatic heterocycles. The highest BCUT2D eigenvalue weighted by Gasteiger charge is 2.34. The summed E-state index contributed by atoms with van der Waals surface area (Å²) in [6.07, 6.45) is 0.338. The van der Waals surface area contributed by atoms with E-state index in [-0.39, 0.29) is 17.3 Å². The minimum atomic E-state index is -4.10. The van der Waals surface area contributed by atoms with Crippen molar-refractivity contribution in [3.63, 3.8) is 0 Å². The fourth-order valence-electron chi connectivity index (χ4n) is 4.09. The maximum absolute atomic E-state index is 13.9. The van der Waals surface area contributed by atoms with Crippen molar-refractivity contribution in [2.75, 3.05) is 17.9 Å². The first-order valence-corrected chi connectivity index (χ1v) is 13.8. The van der Waals surface area contributed by atoms with Gasteiger partial charge in [0.25, 0.3) is 10.0 Å². The summed E-state index contributed by atoms with van der Waals surface area (Å²) in [4.78, 5) is 28.1. The van der Waals surface area contributed by atoms with Crippen molar-refractivity contribution in [3.8, 4) is 0 Å². The number of halogens is 1. The standard InChI is InChI=1S/C28H32ClN3O4S/c1-5-25(28(34)30-4)31(18-22-11-7-8-12-24(22)29)27(33)19-32(26-13-9-6-10-21(26)3)37(35,36)23-16-14-20(2)15-17-23/h6-17,25H,5,18-19H2,1-4H3,(H,30,34). The molecule has 0 radical (unpaired) electrons. The van der Waals surface area contributed by atoms with Crippen LogP contribution < -0.4 is 9.62 Å². The highest BCUT2D eigenvalue weighted by Crippen LogP contribution is 2.28. The van der Waals surface area contributed by atoms with Crippen LogP contribution in [0, 0.1) is 13.8 Å². The number of nitrogens with one attached hydrogen (secondary N) is 1. The van der Waals surface area contributed by atoms with Crippen LogP contribution in [0.15, 0.2) is 77.7 Å². The number of carbonyl (C=O) groups is 2. The molecule has 3 aromatic rings. The Bertz CT molecular complexity index is 1360. The molecular formula is C28H32ClN3O4S. The highest BCUT2D eigenvalue weighted by atomic mass is 35.5. The third kappa shape index (κ3) is 6.50. The summed E-state index contributed by atoms with van der Waals surface area (Å²) in [5.41, 5.74) is 2.66. The molecule has 9 heteroatoms. The lowest BCUT2D eigenvalue weighted by molar-refractivity contribution is -0.140. The fraction of sp³-hybridized carbons (Fsp3) is 0.286. The number of rotatable bonds is 10. The summed E-state index contributed by atoms with van der Waals surface area (Å²) >= 11 is 6.38. The van der Waals surface area contributed by atoms with Gasteiger partial charge in [-0.2, -0.15) is 0 Å². The summed E-state index contributed by atoms with van der Waals surface area (Å²) in [5, 5.41) is 3.06. The lowest BCUT2D eigenvalue weighted by atomic mass is 10.1. The average molecular weight is 542 g/mol. The lowest BCUT2D eigenvalue weighted by Gasteiger charge is -2.33. The van der Waals surface area contributed by atoms with E-state index >= 15 is 0 Å². The molecule has 2 amide bonds. The molecule has 1 atom stereocenters. The van der Waals surface area contributed by atoms with E-state index in [4.69, 9.17) is 11.6 Å². The predicted octanol–water partition coefficient (Wildman–Crippen LogP) is 4.71. The largest absolute Gasteiger partial charge is 0.357 e. The number of hydrogen-bond donors (Lipinski definition) is 1. The molecule has 0 saturated heterocycles. The van der Waals surface area contributed by atoms with Crippen LogP contribution in [-0.2, 0) is 26.2 Å². The van der Waals surface area contributed by atoms with Crippen LogP contribution in [0.1, 0.15) is 30.0 Å². The van der Waals surface area contributed by atoms with E-state index in [1.54, 1.807) is 74.5 Å². The van der Waals surface area contributed by atoms with Gasteiger partial charge in [-0.1, -0.05) is 72.6 Å². The topological polar surface area (TPSA) is 86.8 Å². The van der Waals surface area contributed by atoms with Gasteiger partial charge in [-0.3, -0.25) is 13.9 Å². The molecule has 3 aromatic carbocycles. The number of amides is 2. The zero-order valence-corrected chi connectivity index (χ0v) is 23.0. The minimum Gasteiger partial charge on any atom is -0.357 e. The molecule has 0 aliphatic rings. The molecular weight excluding hydrogens is 510 g/mol. The van der Waals surface area contributed by atoms with E-state index in [1.807, 2.05) is 6.92 Å². The van der Waals surface area contributed by atoms with Gasteiger partial charge in [-0.25, -0.2) is 8.42 Å². The van der Waals surface area contributed by atoms with Gasteiger partial charge in [0.2, 0.25) is 11.8 Å². The number of carbonyl (C=O) groups excluding carboxylic acids is 2. The van der Waals surface area contributed by atoms with E-state index in [0.717, 1.165) is 9.87 Å². The molecule has 0 aliphatic heterocycles. The van der Waals surface area contributed by atoms with Gasteiger partial charge < -0.3 is 10.2 Å². The summed E-state index contributed by atoms with van der Waals surface area (Å²) < 4.78 is 28.8. The Balaban J connectivity index is 2.08. The molecule has 0 fully saturated rings. The second-order valence-corrected chi connectivity index (χ2v) is 11.0. The first-order chi connectivity index (χ1) is 17.6. The first kappa shape index (κ1) is 28.2. The quantitative estimate of drug-likeness (QED) is 0.403. The Kier molecular flexibility index (Phi) is 9.34. The van der Waals surface area contributed by atoms with Gasteiger partial charge >= 0.3 is 0 Å². The van der Waals surface area contributed by atoms with Gasteiger partial charge in [0.1, 0.15) is 12.6 Å². The first-order valence-electron chi connectivity index (χ1n) is 12.0. The van der Waals surface area contributed by atoms with Crippen molar-refractivity contribution >= 4 is 39.1 Å². The molecule has 0 saturated carbocycles. The van der Waals surface area contributed by atoms with Gasteiger partial charge in [0.15, 0.2) is 0 Å². The Morgan fingerprint density at radius 2 is 1.57 bits per heavy atom. The maximum Gasteiger partial charge on any atom is 0.264 e. The molecule has 0 spiro atoms. The summed E-state index contributed by atoms with van der Waals surface area (Å²) in [6, 6.07) is 19.7. The van der Waals surface area contributed by atoms with Gasteiger partial charge in [-0.05, 0) is 55.7 Å². The van der Waals surface area contributed by atoms with Crippen molar-refractivity contribution in [2.45, 2.75) is 44.7 Å². The van der Waals surface area contributed by atoms with Crippen molar-refractivity contribution in [2.24, 2.45) is 0 Å². The number of anilines is 1. The van der Waals surface area contributed by atoms with Crippen LogP contribution in [0.25, 0.3) is 0 Å². The van der Waals surface area contributed by atoms with E-state index in [1.165, 1.54) is 24.1 Å². The third-order valence-electron chi connectivity index (χ3n) is 6.20. The zero-order valence-electron chi connectivity index (χ0n) is 21.4. The van der Waals surface area contributed by atoms with Crippen molar-refractivity contribution in [3.05, 3.63) is 94.5 Å². The normalized spacial score (nSPS) is 12.0. The average Bonchev–Trinajstić information content (AvgIpc) is 2.88. The number of para-hydroxylation sites is 1. The summed E-state index contributed by atoms with van der Waals surface area (Å²) in [6.45, 7) is 5.03. The fourth-order valence-corrected chi connectivity index (χ4v) is 5.76. The molecule has 196 valence electrons. The molecule has 0 heterocycles. The molecule has 37 heavy (non-hydrogen) atoms. The van der Waals surface area contributed by atoms with Crippen LogP contribution in [-0.4, -0.2) is 44.8 Å². The monoisotopic (exact) mass is 541 g/mol. The lowest BCUT2D eigenvalue weighted by Crippen LogP contribution is -2.51. The van der Waals surface area contributed by atoms with E-state index in [2.05, 4.69) is 5.32 Å². The SMILES string of the molecule is CCC(C(=O)NC)N(Cc1ccccc1Cl)C(=O)CN(c1ccccc1C)S(=O)(=O)c1ccc(C)cc1. The number of hydrogen-bond acceptors (Lipinski definition) is 4. The molecule has 3 rings (SSSR count). The van der Waals surface area contributed by atoms with Crippen molar-refractivity contribution in [1.82, 2.24) is 10.2 Å². The third-order valence-corrected chi connectivity index (χ3v) is 8.35. The van der Waals surface area contributed by atoms with Crippen LogP contribution in [0.3, 0.4) is 0 Å². The highest BCUT2D eigenvalue weighted by molar-refractivity contribution is 7.92. The molecule has 0 aliphatic carbocycles. The van der Waals surface area contributed by atoms with Crippen LogP contribution in [0.2, 0.25) is 5.02 Å². The Morgan fingerprint density at radius 3 is 2.16 bits per heavy atom. The van der Waals surface area contributed by atoms with E-state index in [9.17, 15) is 18.0 Å². The minimum absolute atomic E-state index is 0.0522. The smallest absolute Gasteiger partial charge is 0.264 e. The Labute approximate surface area is 224 Å². The number of likely N-dealkylation sites (N-methyl/N-ethyl adjacent to an activating group) is 1. The maximum atomic E-state index is 13.9. The Morgan fingerprint density at radius 1 is 0.946 bits per heavy atom. The van der Waals surface area contributed by atoms with E-state index < -0.39 is 28.5 Å². The van der Waals surface area contributed by atoms with E-state index in [0.29, 0.717) is 28.3 Å². The molecule has 0 bridgehead atoms. The van der Waals surface area contributed by atoms with Crippen LogP contribution >= 0.6 is 11.6 Å². The second kappa shape index (κ2) is 12.3.